The lowest BCUT2D eigenvalue weighted by molar-refractivity contribution is -0.0854. The highest BCUT2D eigenvalue weighted by Crippen LogP contribution is 2.40. The number of hydrogen-bond donors (Lipinski definition) is 0. The first-order chi connectivity index (χ1) is 26.8. The topological polar surface area (TPSA) is 145 Å². The molecule has 0 radical (unpaired) electrons. The number of fused-ring (bicyclic) bond motifs is 3. The molecular formula is C40H32F3N13. The van der Waals surface area contributed by atoms with Crippen LogP contribution >= 0.6 is 0 Å². The Labute approximate surface area is 320 Å². The van der Waals surface area contributed by atoms with Crippen molar-refractivity contribution in [1.29, 1.82) is 10.5 Å². The molecule has 3 aliphatic rings. The van der Waals surface area contributed by atoms with Gasteiger partial charge < -0.3 is 9.80 Å². The number of aromatic nitrogens is 6. The fourth-order valence-electron chi connectivity index (χ4n) is 6.61. The Morgan fingerprint density at radius 2 is 1.59 bits per heavy atom. The third-order valence-corrected chi connectivity index (χ3v) is 9.31. The molecule has 0 bridgehead atoms. The molecule has 3 aliphatic heterocycles. The highest BCUT2D eigenvalue weighted by molar-refractivity contribution is 6.16. The Kier molecular flexibility index (Phi) is 9.54. The molecule has 8 rings (SSSR count). The van der Waals surface area contributed by atoms with E-state index in [2.05, 4.69) is 59.1 Å². The van der Waals surface area contributed by atoms with Crippen LogP contribution in [0.3, 0.4) is 0 Å². The minimum Gasteiger partial charge on any atom is -0.378 e. The maximum atomic E-state index is 13.9. The molecule has 3 aromatic carbocycles. The summed E-state index contributed by atoms with van der Waals surface area (Å²) < 4.78 is 44.3. The molecule has 5 heterocycles. The van der Waals surface area contributed by atoms with Crippen LogP contribution in [0.4, 0.5) is 35.9 Å². The molecule has 0 fully saturated rings. The average Bonchev–Trinajstić information content (AvgIpc) is 3.91. The second-order valence-electron chi connectivity index (χ2n) is 13.3. The van der Waals surface area contributed by atoms with Gasteiger partial charge in [0.15, 0.2) is 29.1 Å². The van der Waals surface area contributed by atoms with Gasteiger partial charge in [-0.05, 0) is 74.2 Å². The lowest BCUT2D eigenvalue weighted by Crippen LogP contribution is -2.24. The average molecular weight is 752 g/mol. The summed E-state index contributed by atoms with van der Waals surface area (Å²) in [7, 11) is 5.82. The number of nitrogens with zero attached hydrogens (tertiary/aromatic N) is 13. The van der Waals surface area contributed by atoms with Crippen LogP contribution in [-0.2, 0) is 6.42 Å². The Morgan fingerprint density at radius 3 is 2.25 bits per heavy atom. The van der Waals surface area contributed by atoms with Crippen LogP contribution in [0.2, 0.25) is 0 Å². The third kappa shape index (κ3) is 6.67. The van der Waals surface area contributed by atoms with Crippen molar-refractivity contribution in [1.82, 2.24) is 29.5 Å². The van der Waals surface area contributed by atoms with Gasteiger partial charge in [0.05, 0.1) is 24.0 Å². The number of benzene rings is 3. The number of anilines is 2. The van der Waals surface area contributed by atoms with Gasteiger partial charge >= 0.3 is 6.18 Å². The second kappa shape index (κ2) is 14.5. The summed E-state index contributed by atoms with van der Waals surface area (Å²) in [6, 6.07) is 23.8. The molecule has 0 aliphatic carbocycles. The second-order valence-corrected chi connectivity index (χ2v) is 13.3. The molecule has 0 saturated heterocycles. The Morgan fingerprint density at radius 1 is 0.875 bits per heavy atom. The predicted molar refractivity (Wildman–Crippen MR) is 206 cm³/mol. The summed E-state index contributed by atoms with van der Waals surface area (Å²) in [6.45, 7) is 12.0. The van der Waals surface area contributed by atoms with E-state index in [1.165, 1.54) is 15.9 Å². The highest BCUT2D eigenvalue weighted by Gasteiger charge is 2.47. The zero-order valence-electron chi connectivity index (χ0n) is 30.9. The largest absolute Gasteiger partial charge is 0.421 e. The summed E-state index contributed by atoms with van der Waals surface area (Å²) in [6.07, 6.45) is -2.67. The smallest absolute Gasteiger partial charge is 0.378 e. The molecule has 0 spiro atoms. The number of rotatable bonds is 4. The maximum absolute atomic E-state index is 13.9. The molecule has 0 N–H and O–H groups in total. The van der Waals surface area contributed by atoms with Gasteiger partial charge in [-0.1, -0.05) is 30.3 Å². The molecule has 5 aromatic rings. The summed E-state index contributed by atoms with van der Waals surface area (Å²) in [4.78, 5) is 25.0. The Balaban J connectivity index is 0.000000175. The van der Waals surface area contributed by atoms with Gasteiger partial charge in [0.1, 0.15) is 28.6 Å². The van der Waals surface area contributed by atoms with Gasteiger partial charge in [-0.2, -0.15) is 33.5 Å². The first-order valence-electron chi connectivity index (χ1n) is 17.3. The van der Waals surface area contributed by atoms with E-state index in [4.69, 9.17) is 6.57 Å². The van der Waals surface area contributed by atoms with Crippen molar-refractivity contribution in [2.75, 3.05) is 37.5 Å². The SMILES string of the molecule is Cc1cc(N(C)C)ccc1N=C1C(C(F)(F)F)=C(C#N)c2nc(-c3ccccc3)nn21.[C-]#[N+]C1=C(C#N)c2nc(C)nn2C1=Nc1ccc2c(c1)CCCN2C. The molecular weight excluding hydrogens is 720 g/mol. The monoisotopic (exact) mass is 751 g/mol. The van der Waals surface area contributed by atoms with Crippen LogP contribution in [0.15, 0.2) is 88.0 Å². The number of aliphatic imine (C=N–C) groups is 2. The van der Waals surface area contributed by atoms with Crippen molar-refractivity contribution >= 4 is 45.6 Å². The van der Waals surface area contributed by atoms with Crippen LogP contribution in [0, 0.1) is 43.1 Å². The standard InChI is InChI=1S/C22H17F3N6.C18H15N7/c1-13-11-15(30(2)3)9-10-17(13)27-21-18(22(23,24)25)16(12-26)20-28-19(29-31(20)21)14-7-5-4-6-8-14;1-11-21-17-14(10-19)16(20-2)18(25(17)23-11)22-13-6-7-15-12(9-13)5-4-8-24(15)3/h4-11H,1-3H3;6-7,9H,4-5,8H2,1,3H3. The van der Waals surface area contributed by atoms with Gasteiger partial charge in [-0.15, -0.1) is 5.10 Å². The molecule has 0 unspecified atom stereocenters. The van der Waals surface area contributed by atoms with Crippen molar-refractivity contribution in [3.63, 3.8) is 0 Å². The lowest BCUT2D eigenvalue weighted by atomic mass is 10.0. The minimum atomic E-state index is -4.79. The first kappa shape index (κ1) is 37.0. The summed E-state index contributed by atoms with van der Waals surface area (Å²) >= 11 is 0. The van der Waals surface area contributed by atoms with Gasteiger partial charge in [0.25, 0.3) is 5.70 Å². The number of allylic oxidation sites excluding steroid dienone is 4. The molecule has 0 saturated carbocycles. The van der Waals surface area contributed by atoms with Crippen LogP contribution in [0.1, 0.15) is 35.0 Å². The van der Waals surface area contributed by atoms with Gasteiger partial charge in [-0.3, -0.25) is 0 Å². The van der Waals surface area contributed by atoms with Crippen LogP contribution < -0.4 is 9.80 Å². The quantitative estimate of drug-likeness (QED) is 0.172. The van der Waals surface area contributed by atoms with Gasteiger partial charge in [-0.25, -0.2) is 29.5 Å². The van der Waals surface area contributed by atoms with Crippen molar-refractivity contribution in [3.8, 4) is 23.5 Å². The van der Waals surface area contributed by atoms with Gasteiger partial charge in [0.2, 0.25) is 0 Å². The zero-order chi connectivity index (χ0) is 39.9. The summed E-state index contributed by atoms with van der Waals surface area (Å²) in [5.41, 5.74) is 4.48. The molecule has 0 amide bonds. The zero-order valence-corrected chi connectivity index (χ0v) is 30.9. The number of hydrogen-bond acceptors (Lipinski definition) is 10. The highest BCUT2D eigenvalue weighted by atomic mass is 19.4. The number of alkyl halides is 3. The van der Waals surface area contributed by atoms with Crippen molar-refractivity contribution in [3.05, 3.63) is 118 Å². The van der Waals surface area contributed by atoms with Crippen molar-refractivity contribution < 1.29 is 13.2 Å². The normalized spacial score (nSPS) is 15.8. The minimum absolute atomic E-state index is 0.171. The molecule has 56 heavy (non-hydrogen) atoms. The molecule has 0 atom stereocenters. The van der Waals surface area contributed by atoms with E-state index >= 15 is 0 Å². The van der Waals surface area contributed by atoms with E-state index in [0.29, 0.717) is 34.3 Å². The summed E-state index contributed by atoms with van der Waals surface area (Å²) in [5.74, 6) is 0.890. The fraction of sp³-hybridized carbons (Fsp3) is 0.225. The number of aryl methyl sites for hydroxylation is 3. The maximum Gasteiger partial charge on any atom is 0.421 e. The van der Waals surface area contributed by atoms with Crippen molar-refractivity contribution in [2.24, 2.45) is 9.98 Å². The van der Waals surface area contributed by atoms with E-state index in [9.17, 15) is 23.7 Å². The Bertz CT molecular complexity index is 2660. The third-order valence-electron chi connectivity index (χ3n) is 9.31. The number of nitriles is 2. The van der Waals surface area contributed by atoms with E-state index in [-0.39, 0.29) is 22.9 Å². The number of halogens is 3. The van der Waals surface area contributed by atoms with Crippen LogP contribution in [0.25, 0.3) is 27.4 Å². The Hall–Kier alpha value is -7.38. The van der Waals surface area contributed by atoms with Crippen molar-refractivity contribution in [2.45, 2.75) is 32.9 Å². The molecule has 278 valence electrons. The van der Waals surface area contributed by atoms with E-state index in [0.717, 1.165) is 35.4 Å². The van der Waals surface area contributed by atoms with Crippen LogP contribution in [0.5, 0.6) is 0 Å². The van der Waals surface area contributed by atoms with E-state index in [1.54, 1.807) is 56.3 Å². The molecule has 13 nitrogen and oxygen atoms in total. The molecule has 2 aromatic heterocycles. The van der Waals surface area contributed by atoms with Crippen LogP contribution in [-0.4, -0.2) is 75.1 Å². The lowest BCUT2D eigenvalue weighted by Gasteiger charge is -2.27. The van der Waals surface area contributed by atoms with E-state index in [1.807, 2.05) is 43.3 Å². The molecule has 16 heteroatoms. The fourth-order valence-corrected chi connectivity index (χ4v) is 6.61. The predicted octanol–water partition coefficient (Wildman–Crippen LogP) is 7.47. The first-order valence-corrected chi connectivity index (χ1v) is 17.3. The van der Waals surface area contributed by atoms with E-state index < -0.39 is 23.2 Å². The summed E-state index contributed by atoms with van der Waals surface area (Å²) in [5, 5.41) is 27.5. The van der Waals surface area contributed by atoms with Gasteiger partial charge in [0, 0.05) is 44.6 Å².